The SMILES string of the molecule is CCOC1CCCN(CC(NC)C2CC2)C1. The van der Waals surface area contributed by atoms with Crippen molar-refractivity contribution in [2.24, 2.45) is 5.92 Å². The van der Waals surface area contributed by atoms with Gasteiger partial charge in [-0.1, -0.05) is 0 Å². The Morgan fingerprint density at radius 3 is 2.81 bits per heavy atom. The van der Waals surface area contributed by atoms with E-state index in [4.69, 9.17) is 4.74 Å². The van der Waals surface area contributed by atoms with Crippen molar-refractivity contribution in [2.45, 2.75) is 44.8 Å². The van der Waals surface area contributed by atoms with E-state index in [1.165, 1.54) is 38.8 Å². The first kappa shape index (κ1) is 12.3. The Kier molecular flexibility index (Phi) is 4.62. The zero-order chi connectivity index (χ0) is 11.4. The zero-order valence-electron chi connectivity index (χ0n) is 10.7. The van der Waals surface area contributed by atoms with Gasteiger partial charge in [0.15, 0.2) is 0 Å². The van der Waals surface area contributed by atoms with E-state index in [0.29, 0.717) is 12.1 Å². The maximum absolute atomic E-state index is 5.74. The summed E-state index contributed by atoms with van der Waals surface area (Å²) in [6.07, 6.45) is 5.88. The highest BCUT2D eigenvalue weighted by Crippen LogP contribution is 2.33. The lowest BCUT2D eigenvalue weighted by Gasteiger charge is -2.34. The molecule has 1 saturated heterocycles. The van der Waals surface area contributed by atoms with E-state index in [9.17, 15) is 0 Å². The Morgan fingerprint density at radius 2 is 2.19 bits per heavy atom. The molecule has 0 aromatic carbocycles. The first-order valence-corrected chi connectivity index (χ1v) is 6.84. The van der Waals surface area contributed by atoms with Crippen molar-refractivity contribution in [1.82, 2.24) is 10.2 Å². The third-order valence-electron chi connectivity index (χ3n) is 3.88. The number of piperidine rings is 1. The fourth-order valence-electron chi connectivity index (χ4n) is 2.80. The average molecular weight is 226 g/mol. The Balaban J connectivity index is 1.75. The monoisotopic (exact) mass is 226 g/mol. The largest absolute Gasteiger partial charge is 0.377 e. The Labute approximate surface area is 99.5 Å². The molecule has 2 unspecified atom stereocenters. The number of likely N-dealkylation sites (N-methyl/N-ethyl adjacent to an activating group) is 1. The molecule has 0 aromatic rings. The first-order valence-electron chi connectivity index (χ1n) is 6.84. The summed E-state index contributed by atoms with van der Waals surface area (Å²) in [4.78, 5) is 2.59. The number of nitrogens with zero attached hydrogens (tertiary/aromatic N) is 1. The van der Waals surface area contributed by atoms with Gasteiger partial charge in [-0.25, -0.2) is 0 Å². The van der Waals surface area contributed by atoms with Crippen molar-refractivity contribution in [3.05, 3.63) is 0 Å². The lowest BCUT2D eigenvalue weighted by molar-refractivity contribution is 0.00314. The minimum Gasteiger partial charge on any atom is -0.377 e. The van der Waals surface area contributed by atoms with Crippen molar-refractivity contribution in [3.63, 3.8) is 0 Å². The van der Waals surface area contributed by atoms with Crippen molar-refractivity contribution >= 4 is 0 Å². The van der Waals surface area contributed by atoms with E-state index in [1.807, 2.05) is 0 Å². The standard InChI is InChI=1S/C13H26N2O/c1-3-16-12-5-4-8-15(9-12)10-13(14-2)11-6-7-11/h11-14H,3-10H2,1-2H3. The molecule has 16 heavy (non-hydrogen) atoms. The summed E-state index contributed by atoms with van der Waals surface area (Å²) in [5.41, 5.74) is 0. The molecule has 94 valence electrons. The molecule has 3 heteroatoms. The Morgan fingerprint density at radius 1 is 1.38 bits per heavy atom. The van der Waals surface area contributed by atoms with Crippen LogP contribution in [-0.4, -0.2) is 50.3 Å². The molecule has 2 fully saturated rings. The van der Waals surface area contributed by atoms with E-state index in [-0.39, 0.29) is 0 Å². The third kappa shape index (κ3) is 3.44. The first-order chi connectivity index (χ1) is 7.83. The topological polar surface area (TPSA) is 24.5 Å². The molecule has 1 aliphatic heterocycles. The van der Waals surface area contributed by atoms with Gasteiger partial charge in [0.1, 0.15) is 0 Å². The van der Waals surface area contributed by atoms with E-state index >= 15 is 0 Å². The number of hydrogen-bond acceptors (Lipinski definition) is 3. The Bertz CT molecular complexity index is 204. The molecular weight excluding hydrogens is 200 g/mol. The molecule has 0 spiro atoms. The minimum atomic E-state index is 0.482. The summed E-state index contributed by atoms with van der Waals surface area (Å²) in [6, 6.07) is 0.709. The molecule has 1 aliphatic carbocycles. The van der Waals surface area contributed by atoms with Crippen LogP contribution in [0.3, 0.4) is 0 Å². The van der Waals surface area contributed by atoms with Crippen LogP contribution in [0.5, 0.6) is 0 Å². The number of nitrogens with one attached hydrogen (secondary N) is 1. The zero-order valence-corrected chi connectivity index (χ0v) is 10.7. The maximum atomic E-state index is 5.74. The summed E-state index contributed by atoms with van der Waals surface area (Å²) >= 11 is 0. The average Bonchev–Trinajstić information content (AvgIpc) is 3.11. The second-order valence-corrected chi connectivity index (χ2v) is 5.21. The maximum Gasteiger partial charge on any atom is 0.0702 e. The van der Waals surface area contributed by atoms with Crippen molar-refractivity contribution < 1.29 is 4.74 Å². The fourth-order valence-corrected chi connectivity index (χ4v) is 2.80. The summed E-state index contributed by atoms with van der Waals surface area (Å²) in [5, 5.41) is 3.48. The summed E-state index contributed by atoms with van der Waals surface area (Å²) < 4.78 is 5.74. The molecule has 2 atom stereocenters. The van der Waals surface area contributed by atoms with Crippen molar-refractivity contribution in [1.29, 1.82) is 0 Å². The van der Waals surface area contributed by atoms with Gasteiger partial charge >= 0.3 is 0 Å². The lowest BCUT2D eigenvalue weighted by atomic mass is 10.1. The van der Waals surface area contributed by atoms with Gasteiger partial charge in [-0.3, -0.25) is 4.90 Å². The van der Waals surface area contributed by atoms with Crippen LogP contribution in [0.15, 0.2) is 0 Å². The fraction of sp³-hybridized carbons (Fsp3) is 1.00. The molecule has 1 heterocycles. The van der Waals surface area contributed by atoms with Gasteiger partial charge in [-0.15, -0.1) is 0 Å². The highest BCUT2D eigenvalue weighted by atomic mass is 16.5. The van der Waals surface area contributed by atoms with Crippen LogP contribution in [-0.2, 0) is 4.74 Å². The third-order valence-corrected chi connectivity index (χ3v) is 3.88. The van der Waals surface area contributed by atoms with Gasteiger partial charge in [0.25, 0.3) is 0 Å². The highest BCUT2D eigenvalue weighted by molar-refractivity contribution is 4.88. The summed E-state index contributed by atoms with van der Waals surface area (Å²) in [5.74, 6) is 0.942. The molecule has 2 rings (SSSR count). The molecule has 1 N–H and O–H groups in total. The van der Waals surface area contributed by atoms with Crippen LogP contribution < -0.4 is 5.32 Å². The van der Waals surface area contributed by atoms with Crippen LogP contribution in [0.2, 0.25) is 0 Å². The second kappa shape index (κ2) is 5.99. The normalized spacial score (nSPS) is 29.2. The Hall–Kier alpha value is -0.120. The molecule has 0 bridgehead atoms. The molecule has 3 nitrogen and oxygen atoms in total. The molecular formula is C13H26N2O. The quantitative estimate of drug-likeness (QED) is 0.742. The number of rotatable bonds is 6. The number of likely N-dealkylation sites (tertiary alicyclic amines) is 1. The van der Waals surface area contributed by atoms with Crippen molar-refractivity contribution in [2.75, 3.05) is 33.3 Å². The molecule has 0 aromatic heterocycles. The molecule has 1 saturated carbocycles. The molecule has 2 aliphatic rings. The molecule has 0 radical (unpaired) electrons. The van der Waals surface area contributed by atoms with Gasteiger partial charge in [0.2, 0.25) is 0 Å². The minimum absolute atomic E-state index is 0.482. The predicted molar refractivity (Wildman–Crippen MR) is 66.7 cm³/mol. The second-order valence-electron chi connectivity index (χ2n) is 5.21. The number of ether oxygens (including phenoxy) is 1. The van der Waals surface area contributed by atoms with Crippen LogP contribution in [0, 0.1) is 5.92 Å². The van der Waals surface area contributed by atoms with Crippen LogP contribution >= 0.6 is 0 Å². The predicted octanol–water partition coefficient (Wildman–Crippen LogP) is 1.49. The van der Waals surface area contributed by atoms with Crippen LogP contribution in [0.25, 0.3) is 0 Å². The van der Waals surface area contributed by atoms with E-state index in [1.54, 1.807) is 0 Å². The van der Waals surface area contributed by atoms with E-state index < -0.39 is 0 Å². The van der Waals surface area contributed by atoms with E-state index in [2.05, 4.69) is 24.2 Å². The van der Waals surface area contributed by atoms with Gasteiger partial charge in [-0.2, -0.15) is 0 Å². The summed E-state index contributed by atoms with van der Waals surface area (Å²) in [6.45, 7) is 6.56. The highest BCUT2D eigenvalue weighted by Gasteiger charge is 2.32. The van der Waals surface area contributed by atoms with Crippen LogP contribution in [0.4, 0.5) is 0 Å². The molecule has 0 amide bonds. The summed E-state index contributed by atoms with van der Waals surface area (Å²) in [7, 11) is 2.10. The smallest absolute Gasteiger partial charge is 0.0702 e. The van der Waals surface area contributed by atoms with Gasteiger partial charge in [0, 0.05) is 25.7 Å². The van der Waals surface area contributed by atoms with Gasteiger partial charge in [0.05, 0.1) is 6.10 Å². The number of hydrogen-bond donors (Lipinski definition) is 1. The van der Waals surface area contributed by atoms with Gasteiger partial charge in [-0.05, 0) is 52.1 Å². The van der Waals surface area contributed by atoms with Crippen molar-refractivity contribution in [3.8, 4) is 0 Å². The van der Waals surface area contributed by atoms with Crippen LogP contribution in [0.1, 0.15) is 32.6 Å². The van der Waals surface area contributed by atoms with Gasteiger partial charge < -0.3 is 10.1 Å². The van der Waals surface area contributed by atoms with E-state index in [0.717, 1.165) is 19.1 Å². The lowest BCUT2D eigenvalue weighted by Crippen LogP contribution is -2.47.